The molecule has 0 radical (unpaired) electrons. The maximum atomic E-state index is 13.4. The Morgan fingerprint density at radius 2 is 1.77 bits per heavy atom. The van der Waals surface area contributed by atoms with Gasteiger partial charge in [-0.3, -0.25) is 14.2 Å². The molecule has 1 atom stereocenters. The first-order chi connectivity index (χ1) is 14.3. The lowest BCUT2D eigenvalue weighted by Gasteiger charge is -2.15. The zero-order valence-electron chi connectivity index (χ0n) is 16.8. The van der Waals surface area contributed by atoms with Crippen LogP contribution in [0.4, 0.5) is 5.69 Å². The number of amides is 1. The van der Waals surface area contributed by atoms with Crippen molar-refractivity contribution in [3.63, 3.8) is 0 Å². The molecule has 1 unspecified atom stereocenters. The number of aromatic nitrogens is 2. The van der Waals surface area contributed by atoms with Crippen LogP contribution in [0.15, 0.2) is 59.7 Å². The summed E-state index contributed by atoms with van der Waals surface area (Å²) in [7, 11) is 0. The second-order valence-electron chi connectivity index (χ2n) is 7.21. The molecular weight excluding hydrogens is 418 g/mol. The maximum absolute atomic E-state index is 13.4. The number of carbonyl (C=O) groups is 1. The second-order valence-corrected chi connectivity index (χ2v) is 8.85. The number of benzene rings is 2. The molecule has 4 aromatic rings. The quantitative estimate of drug-likeness (QED) is 0.452. The molecule has 7 heteroatoms. The molecule has 4 rings (SSSR count). The van der Waals surface area contributed by atoms with Crippen LogP contribution in [0.1, 0.15) is 23.4 Å². The summed E-state index contributed by atoms with van der Waals surface area (Å²) in [4.78, 5) is 32.3. The lowest BCUT2D eigenvalue weighted by Crippen LogP contribution is -2.31. The molecule has 152 valence electrons. The first kappa shape index (κ1) is 20.3. The van der Waals surface area contributed by atoms with Gasteiger partial charge in [0, 0.05) is 21.2 Å². The van der Waals surface area contributed by atoms with Crippen LogP contribution >= 0.6 is 22.9 Å². The fourth-order valence-electron chi connectivity index (χ4n) is 3.37. The Bertz CT molecular complexity index is 1290. The number of carbonyl (C=O) groups excluding carboxylic acids is 1. The molecule has 2 aromatic heterocycles. The van der Waals surface area contributed by atoms with Crippen molar-refractivity contribution >= 4 is 44.7 Å². The molecule has 2 aromatic carbocycles. The van der Waals surface area contributed by atoms with Crippen molar-refractivity contribution in [3.8, 4) is 11.1 Å². The van der Waals surface area contributed by atoms with E-state index in [4.69, 9.17) is 11.6 Å². The number of rotatable bonds is 4. The summed E-state index contributed by atoms with van der Waals surface area (Å²) in [6, 6.07) is 14.2. The van der Waals surface area contributed by atoms with Crippen molar-refractivity contribution in [3.05, 3.63) is 80.7 Å². The maximum Gasteiger partial charge on any atom is 0.263 e. The van der Waals surface area contributed by atoms with E-state index in [1.807, 2.05) is 38.1 Å². The summed E-state index contributed by atoms with van der Waals surface area (Å²) in [5.74, 6) is -0.301. The zero-order chi connectivity index (χ0) is 21.4. The Morgan fingerprint density at radius 1 is 1.10 bits per heavy atom. The van der Waals surface area contributed by atoms with Gasteiger partial charge in [0.25, 0.3) is 5.56 Å². The van der Waals surface area contributed by atoms with Gasteiger partial charge in [-0.25, -0.2) is 4.98 Å². The van der Waals surface area contributed by atoms with Crippen molar-refractivity contribution < 1.29 is 4.79 Å². The van der Waals surface area contributed by atoms with Gasteiger partial charge in [-0.1, -0.05) is 41.4 Å². The summed E-state index contributed by atoms with van der Waals surface area (Å²) in [5, 5.41) is 3.96. The van der Waals surface area contributed by atoms with E-state index < -0.39 is 6.04 Å². The number of hydrogen-bond acceptors (Lipinski definition) is 4. The highest BCUT2D eigenvalue weighted by Gasteiger charge is 2.22. The summed E-state index contributed by atoms with van der Waals surface area (Å²) >= 11 is 7.38. The van der Waals surface area contributed by atoms with Crippen molar-refractivity contribution in [2.75, 3.05) is 5.32 Å². The fraction of sp³-hybridized carbons (Fsp3) is 0.174. The van der Waals surface area contributed by atoms with E-state index in [9.17, 15) is 9.59 Å². The van der Waals surface area contributed by atoms with Crippen LogP contribution in [0.3, 0.4) is 0 Å². The highest BCUT2D eigenvalue weighted by atomic mass is 35.5. The highest BCUT2D eigenvalue weighted by molar-refractivity contribution is 7.19. The van der Waals surface area contributed by atoms with E-state index in [2.05, 4.69) is 10.3 Å². The van der Waals surface area contributed by atoms with Gasteiger partial charge in [-0.2, -0.15) is 0 Å². The normalized spacial score (nSPS) is 12.1. The van der Waals surface area contributed by atoms with E-state index in [1.165, 1.54) is 22.2 Å². The van der Waals surface area contributed by atoms with Gasteiger partial charge in [-0.15, -0.1) is 11.3 Å². The Hall–Kier alpha value is -2.96. The van der Waals surface area contributed by atoms with Gasteiger partial charge in [0.05, 0.1) is 11.7 Å². The van der Waals surface area contributed by atoms with Gasteiger partial charge < -0.3 is 5.32 Å². The summed E-state index contributed by atoms with van der Waals surface area (Å²) in [6.45, 7) is 5.70. The molecule has 0 aliphatic heterocycles. The molecule has 5 nitrogen and oxygen atoms in total. The number of halogens is 1. The predicted octanol–water partition coefficient (Wildman–Crippen LogP) is 5.59. The largest absolute Gasteiger partial charge is 0.324 e. The number of nitrogens with zero attached hydrogens (tertiary/aromatic N) is 2. The van der Waals surface area contributed by atoms with Gasteiger partial charge in [0.2, 0.25) is 5.91 Å². The Kier molecular flexibility index (Phi) is 5.45. The number of anilines is 1. The first-order valence-electron chi connectivity index (χ1n) is 9.49. The van der Waals surface area contributed by atoms with Crippen LogP contribution in [0.25, 0.3) is 21.3 Å². The van der Waals surface area contributed by atoms with Crippen molar-refractivity contribution in [2.45, 2.75) is 26.8 Å². The monoisotopic (exact) mass is 437 g/mol. The number of nitrogens with one attached hydrogen (secondary N) is 1. The Labute approximate surface area is 183 Å². The molecule has 2 heterocycles. The van der Waals surface area contributed by atoms with Gasteiger partial charge in [0.1, 0.15) is 10.9 Å². The lowest BCUT2D eigenvalue weighted by atomic mass is 10.0. The average Bonchev–Trinajstić information content (AvgIpc) is 3.07. The fourth-order valence-corrected chi connectivity index (χ4v) is 4.49. The topological polar surface area (TPSA) is 64.0 Å². The summed E-state index contributed by atoms with van der Waals surface area (Å²) in [6.07, 6.45) is 1.45. The van der Waals surface area contributed by atoms with E-state index in [-0.39, 0.29) is 11.5 Å². The minimum absolute atomic E-state index is 0.223. The third-order valence-corrected chi connectivity index (χ3v) is 6.33. The van der Waals surface area contributed by atoms with Crippen LogP contribution in [0.2, 0.25) is 5.02 Å². The van der Waals surface area contributed by atoms with Gasteiger partial charge in [0.15, 0.2) is 0 Å². The minimum atomic E-state index is -0.726. The minimum Gasteiger partial charge on any atom is -0.324 e. The third-order valence-electron chi connectivity index (χ3n) is 5.06. The summed E-state index contributed by atoms with van der Waals surface area (Å²) < 4.78 is 1.39. The van der Waals surface area contributed by atoms with Crippen molar-refractivity contribution in [1.29, 1.82) is 0 Å². The van der Waals surface area contributed by atoms with Crippen molar-refractivity contribution in [1.82, 2.24) is 9.55 Å². The van der Waals surface area contributed by atoms with E-state index in [0.29, 0.717) is 20.9 Å². The highest BCUT2D eigenvalue weighted by Crippen LogP contribution is 2.35. The predicted molar refractivity (Wildman–Crippen MR) is 124 cm³/mol. The smallest absolute Gasteiger partial charge is 0.263 e. The molecule has 1 N–H and O–H groups in total. The number of hydrogen-bond donors (Lipinski definition) is 1. The van der Waals surface area contributed by atoms with Crippen molar-refractivity contribution in [2.24, 2.45) is 0 Å². The second kappa shape index (κ2) is 8.05. The van der Waals surface area contributed by atoms with Crippen LogP contribution in [0, 0.1) is 13.8 Å². The Morgan fingerprint density at radius 3 is 2.43 bits per heavy atom. The third kappa shape index (κ3) is 3.76. The van der Waals surface area contributed by atoms with E-state index >= 15 is 0 Å². The molecule has 0 aliphatic carbocycles. The molecule has 1 amide bonds. The number of fused-ring (bicyclic) bond motifs is 1. The SMILES string of the molecule is Cc1ccc(-c2c(C)sc3ncn(C(C)C(=O)Nc4ccc(Cl)cc4)c(=O)c23)cc1. The standard InChI is InChI=1S/C23H20ClN3O2S/c1-13-4-6-16(7-5-13)19-15(3)30-22-20(19)23(29)27(12-25-22)14(2)21(28)26-18-10-8-17(24)9-11-18/h4-12,14H,1-3H3,(H,26,28). The first-order valence-corrected chi connectivity index (χ1v) is 10.7. The zero-order valence-corrected chi connectivity index (χ0v) is 18.3. The van der Waals surface area contributed by atoms with Crippen LogP contribution in [-0.4, -0.2) is 15.5 Å². The van der Waals surface area contributed by atoms with Gasteiger partial charge in [-0.05, 0) is 50.6 Å². The molecule has 0 saturated heterocycles. The molecule has 30 heavy (non-hydrogen) atoms. The molecule has 0 bridgehead atoms. The van der Waals surface area contributed by atoms with Crippen LogP contribution < -0.4 is 10.9 Å². The Balaban J connectivity index is 1.74. The van der Waals surface area contributed by atoms with Crippen LogP contribution in [-0.2, 0) is 4.79 Å². The van der Waals surface area contributed by atoms with E-state index in [1.54, 1.807) is 31.2 Å². The van der Waals surface area contributed by atoms with Crippen LogP contribution in [0.5, 0.6) is 0 Å². The average molecular weight is 438 g/mol. The number of aryl methyl sites for hydroxylation is 2. The molecule has 0 spiro atoms. The number of thiophene rings is 1. The molecule has 0 saturated carbocycles. The van der Waals surface area contributed by atoms with Gasteiger partial charge >= 0.3 is 0 Å². The molecule has 0 fully saturated rings. The lowest BCUT2D eigenvalue weighted by molar-refractivity contribution is -0.118. The molecular formula is C23H20ClN3O2S. The molecule has 0 aliphatic rings. The summed E-state index contributed by atoms with van der Waals surface area (Å²) in [5.41, 5.74) is 3.40. The van der Waals surface area contributed by atoms with E-state index in [0.717, 1.165) is 21.6 Å².